The maximum Gasteiger partial charge on any atom is 1.00 e. The number of ether oxygens (including phenoxy) is 7. The van der Waals surface area contributed by atoms with E-state index in [1.165, 1.54) is 6.92 Å². The van der Waals surface area contributed by atoms with Crippen LogP contribution in [0.25, 0.3) is 10.8 Å². The number of aliphatic hydroxyl groups excluding tert-OH is 6. The molecule has 2 aromatic rings. The molecule has 7 N–H and O–H groups in total. The van der Waals surface area contributed by atoms with Crippen molar-refractivity contribution in [3.63, 3.8) is 0 Å². The fourth-order valence-corrected chi connectivity index (χ4v) is 7.94. The van der Waals surface area contributed by atoms with Gasteiger partial charge < -0.3 is 79.0 Å². The normalized spacial score (nSPS) is 35.5. The largest absolute Gasteiger partial charge is 1.00 e. The third-order valence-corrected chi connectivity index (χ3v) is 11.2. The monoisotopic (exact) mass is 815 g/mol. The molecule has 0 radical (unpaired) electrons. The van der Waals surface area contributed by atoms with Crippen molar-refractivity contribution < 1.29 is 108 Å². The predicted molar refractivity (Wildman–Crippen MR) is 191 cm³/mol. The number of aliphatic hydroxyl groups is 6. The van der Waals surface area contributed by atoms with E-state index in [2.05, 4.69) is 5.32 Å². The van der Waals surface area contributed by atoms with Gasteiger partial charge in [0, 0.05) is 13.2 Å². The van der Waals surface area contributed by atoms with Crippen LogP contribution in [0.1, 0.15) is 57.4 Å². The van der Waals surface area contributed by atoms with E-state index in [-0.39, 0.29) is 68.1 Å². The number of nitrogens with one attached hydrogen (secondary N) is 1. The van der Waals surface area contributed by atoms with Gasteiger partial charge in [-0.2, -0.15) is 0 Å². The Kier molecular flexibility index (Phi) is 17.3. The molecule has 1 unspecified atom stereocenters. The van der Waals surface area contributed by atoms with Gasteiger partial charge in [-0.1, -0.05) is 68.5 Å². The van der Waals surface area contributed by atoms with Crippen molar-refractivity contribution >= 4 is 22.8 Å². The van der Waals surface area contributed by atoms with Gasteiger partial charge in [0.25, 0.3) is 0 Å². The molecule has 0 bridgehead atoms. The van der Waals surface area contributed by atoms with Gasteiger partial charge in [-0.15, -0.1) is 0 Å². The molecule has 14 atom stereocenters. The minimum Gasteiger partial charge on any atom is -0.547 e. The maximum absolute atomic E-state index is 12.9. The zero-order chi connectivity index (χ0) is 39.9. The molecular formula is C39H54NNaO16. The first kappa shape index (κ1) is 46.0. The van der Waals surface area contributed by atoms with Crippen molar-refractivity contribution in [1.29, 1.82) is 0 Å². The van der Waals surface area contributed by atoms with E-state index >= 15 is 0 Å². The van der Waals surface area contributed by atoms with Crippen LogP contribution in [0.4, 0.5) is 4.79 Å². The van der Waals surface area contributed by atoms with E-state index in [1.807, 2.05) is 42.5 Å². The molecule has 312 valence electrons. The first-order valence-electron chi connectivity index (χ1n) is 19.4. The number of carbonyl (C=O) groups is 2. The van der Waals surface area contributed by atoms with Crippen molar-refractivity contribution in [2.45, 2.75) is 144 Å². The van der Waals surface area contributed by atoms with E-state index in [0.29, 0.717) is 0 Å². The summed E-state index contributed by atoms with van der Waals surface area (Å²) in [4.78, 5) is 25.1. The molecule has 3 aliphatic heterocycles. The molecule has 4 fully saturated rings. The van der Waals surface area contributed by atoms with Crippen LogP contribution in [0.3, 0.4) is 0 Å². The SMILES string of the molecule is C[C@H]1O[C@H](O[C@H]2C(CNC(=O)OCc3ccc4ccccc4c3)OCC[C@@H]2O[C@H]2O[C@@H](CO)[C@@H](O)[C@H](O[C@@H](CC3CCCCC3)C(=O)[O-])[C@H]2O)[C@@H](O)[C@H](O)[C@H]1O.[Na+]. The average Bonchev–Trinajstić information content (AvgIpc) is 3.20. The van der Waals surface area contributed by atoms with Crippen molar-refractivity contribution in [2.75, 3.05) is 19.8 Å². The summed E-state index contributed by atoms with van der Waals surface area (Å²) in [6.45, 7) is 0.584. The Morgan fingerprint density at radius 1 is 0.842 bits per heavy atom. The molecule has 0 spiro atoms. The summed E-state index contributed by atoms with van der Waals surface area (Å²) in [6.07, 6.45) is -15.8. The zero-order valence-corrected chi connectivity index (χ0v) is 34.2. The topological polar surface area (TPSA) is 255 Å². The van der Waals surface area contributed by atoms with Gasteiger partial charge in [0.2, 0.25) is 0 Å². The Labute approximate surface area is 352 Å². The standard InChI is InChI=1S/C39H55NO16.Na/c1-20-29(42)31(44)32(45)37(52-20)56-34-25(13-14-50-27(34)17-40-39(49)51-19-22-11-12-23-9-5-6-10-24(23)15-22)54-38-33(46)35(30(43)28(18-41)55-38)53-26(36(47)48)16-21-7-3-2-4-8-21;/h5-6,9-12,15,20-21,25-35,37-38,41-46H,2-4,7-8,13-14,16-19H2,1H3,(H,40,49)(H,47,48);/q;+1/p-1/t20-,25+,26+,27?,28+,29+,30-,31-,32+,33-,34-,35+,37-,38+;/m1./s1. The molecule has 1 amide bonds. The fourth-order valence-electron chi connectivity index (χ4n) is 7.94. The van der Waals surface area contributed by atoms with Gasteiger partial charge in [-0.05, 0) is 48.1 Å². The first-order chi connectivity index (χ1) is 26.9. The third-order valence-electron chi connectivity index (χ3n) is 11.2. The molecule has 6 rings (SSSR count). The quantitative estimate of drug-likeness (QED) is 0.0909. The summed E-state index contributed by atoms with van der Waals surface area (Å²) in [7, 11) is 0. The second-order valence-corrected chi connectivity index (χ2v) is 15.1. The molecule has 3 saturated heterocycles. The summed E-state index contributed by atoms with van der Waals surface area (Å²) >= 11 is 0. The molecule has 2 aromatic carbocycles. The zero-order valence-electron chi connectivity index (χ0n) is 32.2. The number of carboxylic acids is 1. The molecule has 0 aromatic heterocycles. The Hall–Kier alpha value is -2.04. The minimum absolute atomic E-state index is 0. The number of rotatable bonds is 14. The number of hydrogen-bond donors (Lipinski definition) is 7. The maximum atomic E-state index is 12.9. The Balaban J connectivity index is 0.00000620. The van der Waals surface area contributed by atoms with E-state index in [0.717, 1.165) is 48.4 Å². The summed E-state index contributed by atoms with van der Waals surface area (Å²) in [5, 5.41) is 81.0. The van der Waals surface area contributed by atoms with Crippen LogP contribution in [-0.4, -0.2) is 148 Å². The predicted octanol–water partition coefficient (Wildman–Crippen LogP) is -3.63. The molecule has 1 saturated carbocycles. The number of carboxylic acid groups (broad SMARTS) is 1. The van der Waals surface area contributed by atoms with Crippen molar-refractivity contribution in [1.82, 2.24) is 5.32 Å². The number of aliphatic carboxylic acids is 1. The van der Waals surface area contributed by atoms with Crippen LogP contribution >= 0.6 is 0 Å². The van der Waals surface area contributed by atoms with Crippen LogP contribution in [0.15, 0.2) is 42.5 Å². The van der Waals surface area contributed by atoms with Crippen LogP contribution in [0, 0.1) is 5.92 Å². The number of hydrogen-bond acceptors (Lipinski definition) is 16. The molecular weight excluding hydrogens is 761 g/mol. The van der Waals surface area contributed by atoms with E-state index in [1.54, 1.807) is 0 Å². The molecule has 4 aliphatic rings. The second kappa shape index (κ2) is 21.5. The number of benzene rings is 2. The van der Waals surface area contributed by atoms with Crippen molar-refractivity contribution in [3.05, 3.63) is 48.0 Å². The van der Waals surface area contributed by atoms with Gasteiger partial charge >= 0.3 is 35.7 Å². The van der Waals surface area contributed by atoms with Crippen LogP contribution in [0.2, 0.25) is 0 Å². The average molecular weight is 816 g/mol. The van der Waals surface area contributed by atoms with E-state index in [9.17, 15) is 45.3 Å². The summed E-state index contributed by atoms with van der Waals surface area (Å²) in [6, 6.07) is 13.4. The molecule has 17 nitrogen and oxygen atoms in total. The Bertz CT molecular complexity index is 1580. The first-order valence-corrected chi connectivity index (χ1v) is 19.4. The van der Waals surface area contributed by atoms with E-state index in [4.69, 9.17) is 33.2 Å². The number of amides is 1. The smallest absolute Gasteiger partial charge is 0.547 e. The molecule has 18 heteroatoms. The van der Waals surface area contributed by atoms with Gasteiger partial charge in [0.1, 0.15) is 61.5 Å². The molecule has 1 aliphatic carbocycles. The minimum atomic E-state index is -1.76. The fraction of sp³-hybridized carbons (Fsp3) is 0.692. The number of carbonyl (C=O) groups excluding carboxylic acids is 2. The Morgan fingerprint density at radius 2 is 1.56 bits per heavy atom. The third kappa shape index (κ3) is 11.6. The number of alkyl carbamates (subject to hydrolysis) is 1. The summed E-state index contributed by atoms with van der Waals surface area (Å²) < 4.78 is 41.2. The van der Waals surface area contributed by atoms with Crippen LogP contribution < -0.4 is 40.0 Å². The number of fused-ring (bicyclic) bond motifs is 1. The van der Waals surface area contributed by atoms with Crippen LogP contribution in [0.5, 0.6) is 0 Å². The summed E-state index contributed by atoms with van der Waals surface area (Å²) in [5.74, 6) is -1.45. The van der Waals surface area contributed by atoms with Gasteiger partial charge in [-0.3, -0.25) is 0 Å². The summed E-state index contributed by atoms with van der Waals surface area (Å²) in [5.41, 5.74) is 0.764. The van der Waals surface area contributed by atoms with Crippen molar-refractivity contribution in [2.24, 2.45) is 5.92 Å². The Morgan fingerprint density at radius 3 is 2.28 bits per heavy atom. The van der Waals surface area contributed by atoms with E-state index < -0.39 is 104 Å². The molecule has 3 heterocycles. The van der Waals surface area contributed by atoms with Gasteiger partial charge in [-0.25, -0.2) is 4.79 Å². The van der Waals surface area contributed by atoms with Gasteiger partial charge in [0.15, 0.2) is 12.6 Å². The second-order valence-electron chi connectivity index (χ2n) is 15.1. The van der Waals surface area contributed by atoms with Gasteiger partial charge in [0.05, 0.1) is 30.9 Å². The van der Waals surface area contributed by atoms with Crippen molar-refractivity contribution in [3.8, 4) is 0 Å². The van der Waals surface area contributed by atoms with Crippen LogP contribution in [-0.2, 0) is 44.6 Å². The molecule has 57 heavy (non-hydrogen) atoms.